The van der Waals surface area contributed by atoms with Crippen molar-refractivity contribution in [3.05, 3.63) is 0 Å². The van der Waals surface area contributed by atoms with Crippen molar-refractivity contribution in [2.45, 2.75) is 252 Å². The van der Waals surface area contributed by atoms with Gasteiger partial charge in [0.2, 0.25) is 6.10 Å². The van der Waals surface area contributed by atoms with Crippen LogP contribution < -0.4 is 0 Å². The van der Waals surface area contributed by atoms with E-state index in [1.165, 1.54) is 77.0 Å². The molecule has 0 aromatic carbocycles. The summed E-state index contributed by atoms with van der Waals surface area (Å²) in [6.07, 6.45) is 30.1. The maximum atomic E-state index is 13.1. The summed E-state index contributed by atoms with van der Waals surface area (Å²) in [5, 5.41) is 18.5. The largest absolute Gasteiger partial charge is 0.509 e. The molecule has 70 heavy (non-hydrogen) atoms. The highest BCUT2D eigenvalue weighted by Crippen LogP contribution is 2.22. The second-order valence-corrected chi connectivity index (χ2v) is 19.3. The third-order valence-corrected chi connectivity index (χ3v) is 12.9. The molecule has 0 rings (SSSR count). The highest BCUT2D eigenvalue weighted by Gasteiger charge is 2.27. The number of rotatable bonds is 52. The lowest BCUT2D eigenvalue weighted by atomic mass is 9.94. The zero-order valence-electron chi connectivity index (χ0n) is 45.2. The molecule has 0 saturated carbocycles. The zero-order chi connectivity index (χ0) is 51.6. The first kappa shape index (κ1) is 67.0. The van der Waals surface area contributed by atoms with Crippen LogP contribution in [0.15, 0.2) is 0 Å². The third-order valence-electron chi connectivity index (χ3n) is 12.9. The Morgan fingerprint density at radius 1 is 0.371 bits per heavy atom. The molecule has 14 heteroatoms. The number of carbonyl (C=O) groups is 5. The van der Waals surface area contributed by atoms with Crippen molar-refractivity contribution in [1.82, 2.24) is 4.90 Å². The van der Waals surface area contributed by atoms with Crippen molar-refractivity contribution in [3.63, 3.8) is 0 Å². The first-order valence-electron chi connectivity index (χ1n) is 28.6. The molecule has 2 N–H and O–H groups in total. The second kappa shape index (κ2) is 51.0. The van der Waals surface area contributed by atoms with E-state index in [0.29, 0.717) is 32.5 Å². The molecule has 0 aliphatic rings. The van der Waals surface area contributed by atoms with Crippen LogP contribution in [0.5, 0.6) is 0 Å². The Bertz CT molecular complexity index is 1230. The predicted molar refractivity (Wildman–Crippen MR) is 277 cm³/mol. The van der Waals surface area contributed by atoms with Crippen LogP contribution >= 0.6 is 0 Å². The van der Waals surface area contributed by atoms with Gasteiger partial charge in [-0.2, -0.15) is 0 Å². The average Bonchev–Trinajstić information content (AvgIpc) is 3.35. The summed E-state index contributed by atoms with van der Waals surface area (Å²) in [5.41, 5.74) is 0. The second-order valence-electron chi connectivity index (χ2n) is 19.3. The fourth-order valence-corrected chi connectivity index (χ4v) is 8.46. The summed E-state index contributed by atoms with van der Waals surface area (Å²) in [5.74, 6) is -1.53. The Kier molecular flexibility index (Phi) is 48.8. The Morgan fingerprint density at radius 3 is 1.11 bits per heavy atom. The number of esters is 4. The van der Waals surface area contributed by atoms with E-state index in [1.54, 1.807) is 4.90 Å². The number of carbonyl (C=O) groups excluding carboxylic acids is 5. The SMILES string of the molecule is CCCCCCCCC(CCCCCC)C(=O)OCCCCCCOC(=O)CCC(OC(=O)OCCN(CCO)CCO)C(=O)OCCCCCCOC(=O)C(CCCCCC)CCCCCCCC. The summed E-state index contributed by atoms with van der Waals surface area (Å²) in [6.45, 7) is 10.3. The number of unbranched alkanes of at least 4 members (excludes halogenated alkanes) is 22. The average molecular weight is 1000 g/mol. The molecule has 0 radical (unpaired) electrons. The molecule has 0 aliphatic carbocycles. The minimum atomic E-state index is -1.39. The van der Waals surface area contributed by atoms with Crippen LogP contribution in [0.25, 0.3) is 0 Å². The number of hydrogen-bond acceptors (Lipinski definition) is 14. The molecule has 0 saturated heterocycles. The summed E-state index contributed by atoms with van der Waals surface area (Å²) >= 11 is 0. The van der Waals surface area contributed by atoms with Gasteiger partial charge in [-0.3, -0.25) is 19.3 Å². The Hall–Kier alpha value is -2.97. The number of nitrogens with zero attached hydrogens (tertiary/aromatic N) is 1. The van der Waals surface area contributed by atoms with Crippen molar-refractivity contribution in [1.29, 1.82) is 0 Å². The topological polar surface area (TPSA) is 184 Å². The maximum absolute atomic E-state index is 13.1. The molecule has 3 unspecified atom stereocenters. The van der Waals surface area contributed by atoms with Gasteiger partial charge < -0.3 is 38.6 Å². The highest BCUT2D eigenvalue weighted by molar-refractivity contribution is 5.78. The molecule has 0 fully saturated rings. The van der Waals surface area contributed by atoms with Gasteiger partial charge in [-0.1, -0.05) is 156 Å². The predicted octanol–water partition coefficient (Wildman–Crippen LogP) is 12.5. The summed E-state index contributed by atoms with van der Waals surface area (Å²) < 4.78 is 32.8. The van der Waals surface area contributed by atoms with Gasteiger partial charge in [-0.15, -0.1) is 0 Å². The van der Waals surface area contributed by atoms with Gasteiger partial charge in [0.05, 0.1) is 51.5 Å². The van der Waals surface area contributed by atoms with Crippen LogP contribution in [0.4, 0.5) is 4.79 Å². The van der Waals surface area contributed by atoms with E-state index in [0.717, 1.165) is 109 Å². The standard InChI is InChI=1S/C56H105NO13/c1-5-9-13-17-19-27-35-49(33-25-15-11-7-3)53(61)66-45-30-22-21-29-44-65-52(60)38-37-51(70-56(64)69-48-41-57(39-42-58)40-43-59)55(63)68-47-32-24-23-31-46-67-54(62)50(34-26-16-12-8-4)36-28-20-18-14-10-6-2/h49-51,58-59H,5-48H2,1-4H3. The number of aliphatic hydroxyl groups excluding tert-OH is 2. The molecule has 0 aromatic heterocycles. The van der Waals surface area contributed by atoms with Gasteiger partial charge in [0, 0.05) is 32.5 Å². The van der Waals surface area contributed by atoms with Gasteiger partial charge >= 0.3 is 30.0 Å². The van der Waals surface area contributed by atoms with E-state index < -0.39 is 24.2 Å². The first-order valence-corrected chi connectivity index (χ1v) is 28.6. The fourth-order valence-electron chi connectivity index (χ4n) is 8.46. The molecular weight excluding hydrogens is 895 g/mol. The molecule has 0 spiro atoms. The van der Waals surface area contributed by atoms with E-state index in [-0.39, 0.29) is 89.3 Å². The maximum Gasteiger partial charge on any atom is 0.509 e. The van der Waals surface area contributed by atoms with E-state index in [2.05, 4.69) is 27.7 Å². The molecule has 0 aliphatic heterocycles. The normalized spacial score (nSPS) is 12.6. The number of hydrogen-bond donors (Lipinski definition) is 2. The fraction of sp³-hybridized carbons (Fsp3) is 0.911. The molecule has 0 heterocycles. The van der Waals surface area contributed by atoms with Gasteiger partial charge in [0.15, 0.2) is 0 Å². The van der Waals surface area contributed by atoms with Crippen molar-refractivity contribution >= 4 is 30.0 Å². The smallest absolute Gasteiger partial charge is 0.466 e. The molecule has 0 aromatic rings. The van der Waals surface area contributed by atoms with Crippen LogP contribution in [0.1, 0.15) is 246 Å². The van der Waals surface area contributed by atoms with Gasteiger partial charge in [-0.25, -0.2) is 9.59 Å². The Balaban J connectivity index is 4.84. The van der Waals surface area contributed by atoms with Crippen molar-refractivity contribution in [2.75, 3.05) is 65.9 Å². The monoisotopic (exact) mass is 1000 g/mol. The lowest BCUT2D eigenvalue weighted by Gasteiger charge is -2.20. The zero-order valence-corrected chi connectivity index (χ0v) is 45.2. The van der Waals surface area contributed by atoms with Crippen molar-refractivity contribution < 1.29 is 62.6 Å². The van der Waals surface area contributed by atoms with E-state index in [4.69, 9.17) is 28.4 Å². The minimum absolute atomic E-state index is 0.0198. The first-order chi connectivity index (χ1) is 34.2. The van der Waals surface area contributed by atoms with Crippen LogP contribution in [-0.4, -0.2) is 117 Å². The minimum Gasteiger partial charge on any atom is -0.466 e. The number of aliphatic hydroxyl groups is 2. The van der Waals surface area contributed by atoms with Crippen molar-refractivity contribution in [2.24, 2.45) is 11.8 Å². The summed E-state index contributed by atoms with van der Waals surface area (Å²) in [7, 11) is 0. The van der Waals surface area contributed by atoms with Crippen LogP contribution in [0, 0.1) is 11.8 Å². The van der Waals surface area contributed by atoms with E-state index in [1.807, 2.05) is 0 Å². The Morgan fingerprint density at radius 2 is 0.714 bits per heavy atom. The molecule has 0 bridgehead atoms. The van der Waals surface area contributed by atoms with Crippen LogP contribution in [-0.2, 0) is 47.6 Å². The van der Waals surface area contributed by atoms with E-state index in [9.17, 15) is 34.2 Å². The van der Waals surface area contributed by atoms with Crippen molar-refractivity contribution in [3.8, 4) is 0 Å². The summed E-state index contributed by atoms with van der Waals surface area (Å²) in [4.78, 5) is 66.1. The third kappa shape index (κ3) is 41.6. The Labute approximate surface area is 426 Å². The molecule has 412 valence electrons. The van der Waals surface area contributed by atoms with Gasteiger partial charge in [-0.05, 0) is 77.0 Å². The van der Waals surface area contributed by atoms with Gasteiger partial charge in [0.25, 0.3) is 0 Å². The molecule has 3 atom stereocenters. The van der Waals surface area contributed by atoms with Crippen LogP contribution in [0.2, 0.25) is 0 Å². The lowest BCUT2D eigenvalue weighted by Crippen LogP contribution is -2.34. The molecule has 0 amide bonds. The highest BCUT2D eigenvalue weighted by atomic mass is 16.7. The van der Waals surface area contributed by atoms with Gasteiger partial charge in [0.1, 0.15) is 6.61 Å². The van der Waals surface area contributed by atoms with E-state index >= 15 is 0 Å². The number of ether oxygens (including phenoxy) is 6. The molecular formula is C56H105NO13. The van der Waals surface area contributed by atoms with Crippen LogP contribution in [0.3, 0.4) is 0 Å². The quantitative estimate of drug-likeness (QED) is 0.0333. The molecule has 14 nitrogen and oxygen atoms in total. The lowest BCUT2D eigenvalue weighted by molar-refractivity contribution is -0.157. The summed E-state index contributed by atoms with van der Waals surface area (Å²) in [6, 6.07) is 0.